The van der Waals surface area contributed by atoms with Crippen molar-refractivity contribution in [1.82, 2.24) is 9.97 Å². The molecule has 0 spiro atoms. The van der Waals surface area contributed by atoms with Crippen LogP contribution in [0, 0.1) is 5.82 Å². The Balaban J connectivity index is 1.29. The molecule has 0 radical (unpaired) electrons. The highest BCUT2D eigenvalue weighted by atomic mass is 79.9. The molecule has 220 valence electrons. The number of ether oxygens (including phenoxy) is 3. The molecule has 1 N–H and O–H groups in total. The second kappa shape index (κ2) is 13.2. The van der Waals surface area contributed by atoms with Gasteiger partial charge in [0.15, 0.2) is 0 Å². The van der Waals surface area contributed by atoms with Crippen LogP contribution in [0.25, 0.3) is 10.9 Å². The van der Waals surface area contributed by atoms with E-state index in [0.29, 0.717) is 37.4 Å². The Morgan fingerprint density at radius 2 is 1.98 bits per heavy atom. The Morgan fingerprint density at radius 1 is 1.10 bits per heavy atom. The summed E-state index contributed by atoms with van der Waals surface area (Å²) in [6.07, 6.45) is 8.58. The van der Waals surface area contributed by atoms with Crippen LogP contribution in [-0.4, -0.2) is 43.6 Å². The lowest BCUT2D eigenvalue weighted by atomic mass is 9.86. The summed E-state index contributed by atoms with van der Waals surface area (Å²) in [6, 6.07) is 18.0. The fraction of sp³-hybridized carbons (Fsp3) is 0.290. The number of rotatable bonds is 13. The summed E-state index contributed by atoms with van der Waals surface area (Å²) in [5, 5.41) is 4.24. The van der Waals surface area contributed by atoms with Gasteiger partial charge in [0, 0.05) is 30.4 Å². The number of anilines is 2. The lowest BCUT2D eigenvalue weighted by Gasteiger charge is -2.30. The SMILES string of the molecule is CS(=O)(=O)CCOCCCC1(c2ccc3ncnc(Nc4ccc(OCc5cccc(F)c5)c(Br)c4)c3c2)CC=CO1. The maximum Gasteiger partial charge on any atom is 0.149 e. The summed E-state index contributed by atoms with van der Waals surface area (Å²) >= 11 is 3.58. The quantitative estimate of drug-likeness (QED) is 0.157. The zero-order chi connectivity index (χ0) is 29.6. The first-order valence-electron chi connectivity index (χ1n) is 13.5. The average molecular weight is 657 g/mol. The fourth-order valence-electron chi connectivity index (χ4n) is 4.79. The Morgan fingerprint density at radius 3 is 2.74 bits per heavy atom. The van der Waals surface area contributed by atoms with E-state index >= 15 is 0 Å². The maximum absolute atomic E-state index is 13.5. The van der Waals surface area contributed by atoms with Crippen LogP contribution in [0.3, 0.4) is 0 Å². The maximum atomic E-state index is 13.5. The molecule has 0 amide bonds. The molecule has 1 aromatic heterocycles. The first kappa shape index (κ1) is 29.9. The van der Waals surface area contributed by atoms with Crippen LogP contribution in [0.1, 0.15) is 30.4 Å². The van der Waals surface area contributed by atoms with Crippen LogP contribution in [0.2, 0.25) is 0 Å². The number of benzene rings is 3. The highest BCUT2D eigenvalue weighted by Gasteiger charge is 2.35. The normalized spacial score (nSPS) is 16.5. The molecule has 1 unspecified atom stereocenters. The van der Waals surface area contributed by atoms with Gasteiger partial charge in [-0.15, -0.1) is 0 Å². The first-order valence-corrected chi connectivity index (χ1v) is 16.3. The number of nitrogens with one attached hydrogen (secondary N) is 1. The van der Waals surface area contributed by atoms with Gasteiger partial charge >= 0.3 is 0 Å². The third-order valence-corrected chi connectivity index (χ3v) is 8.47. The molecule has 4 aromatic rings. The van der Waals surface area contributed by atoms with Gasteiger partial charge in [-0.25, -0.2) is 22.8 Å². The highest BCUT2D eigenvalue weighted by Crippen LogP contribution is 2.41. The van der Waals surface area contributed by atoms with Crippen molar-refractivity contribution in [3.05, 3.63) is 101 Å². The van der Waals surface area contributed by atoms with Gasteiger partial charge in [-0.05, 0) is 88.4 Å². The Kier molecular flexibility index (Phi) is 9.40. The molecule has 2 heterocycles. The molecule has 1 aliphatic heterocycles. The lowest BCUT2D eigenvalue weighted by Crippen LogP contribution is -2.25. The molecule has 1 aliphatic rings. The minimum Gasteiger partial charge on any atom is -0.490 e. The predicted octanol–water partition coefficient (Wildman–Crippen LogP) is 6.82. The van der Waals surface area contributed by atoms with Crippen molar-refractivity contribution in [3.63, 3.8) is 0 Å². The van der Waals surface area contributed by atoms with Gasteiger partial charge in [-0.3, -0.25) is 0 Å². The largest absolute Gasteiger partial charge is 0.490 e. The van der Waals surface area contributed by atoms with Gasteiger partial charge in [-0.1, -0.05) is 18.2 Å². The lowest BCUT2D eigenvalue weighted by molar-refractivity contribution is 0.0210. The average Bonchev–Trinajstić information content (AvgIpc) is 3.44. The van der Waals surface area contributed by atoms with Crippen LogP contribution in [0.5, 0.6) is 5.75 Å². The highest BCUT2D eigenvalue weighted by molar-refractivity contribution is 9.10. The number of fused-ring (bicyclic) bond motifs is 1. The van der Waals surface area contributed by atoms with Crippen molar-refractivity contribution in [2.75, 3.05) is 30.5 Å². The molecule has 8 nitrogen and oxygen atoms in total. The molecular weight excluding hydrogens is 625 g/mol. The van der Waals surface area contributed by atoms with Gasteiger partial charge < -0.3 is 19.5 Å². The van der Waals surface area contributed by atoms with E-state index in [2.05, 4.69) is 37.3 Å². The molecular formula is C31H31BrFN3O5S. The number of hydrogen-bond acceptors (Lipinski definition) is 8. The van der Waals surface area contributed by atoms with E-state index in [4.69, 9.17) is 14.2 Å². The predicted molar refractivity (Wildman–Crippen MR) is 164 cm³/mol. The number of nitrogens with zero attached hydrogens (tertiary/aromatic N) is 2. The van der Waals surface area contributed by atoms with E-state index in [0.717, 1.165) is 32.2 Å². The van der Waals surface area contributed by atoms with Crippen molar-refractivity contribution >= 4 is 48.2 Å². The Bertz CT molecular complexity index is 1690. The van der Waals surface area contributed by atoms with Gasteiger partial charge in [0.25, 0.3) is 0 Å². The fourth-order valence-corrected chi connectivity index (χ4v) is 5.70. The van der Waals surface area contributed by atoms with E-state index < -0.39 is 15.4 Å². The smallest absolute Gasteiger partial charge is 0.149 e. The van der Waals surface area contributed by atoms with Crippen molar-refractivity contribution in [1.29, 1.82) is 0 Å². The molecule has 0 bridgehead atoms. The second-order valence-electron chi connectivity index (χ2n) is 10.2. The summed E-state index contributed by atoms with van der Waals surface area (Å²) in [4.78, 5) is 8.96. The number of sulfone groups is 1. The molecule has 3 aromatic carbocycles. The van der Waals surface area contributed by atoms with E-state index in [1.807, 2.05) is 42.5 Å². The van der Waals surface area contributed by atoms with Gasteiger partial charge in [-0.2, -0.15) is 0 Å². The third kappa shape index (κ3) is 7.64. The molecule has 11 heteroatoms. The van der Waals surface area contributed by atoms with Crippen LogP contribution in [-0.2, 0) is 31.5 Å². The van der Waals surface area contributed by atoms with Gasteiger partial charge in [0.1, 0.15) is 45.8 Å². The van der Waals surface area contributed by atoms with Crippen LogP contribution < -0.4 is 10.1 Å². The monoisotopic (exact) mass is 655 g/mol. The third-order valence-electron chi connectivity index (χ3n) is 6.94. The molecule has 1 atom stereocenters. The zero-order valence-corrected chi connectivity index (χ0v) is 25.5. The van der Waals surface area contributed by atoms with E-state index in [1.54, 1.807) is 12.3 Å². The minimum absolute atomic E-state index is 0.0118. The number of halogens is 2. The second-order valence-corrected chi connectivity index (χ2v) is 13.3. The van der Waals surface area contributed by atoms with Crippen molar-refractivity contribution < 1.29 is 27.0 Å². The molecule has 5 rings (SSSR count). The van der Waals surface area contributed by atoms with E-state index in [-0.39, 0.29) is 24.8 Å². The van der Waals surface area contributed by atoms with E-state index in [9.17, 15) is 12.8 Å². The minimum atomic E-state index is -3.05. The number of aromatic nitrogens is 2. The standard InChI is InChI=1S/C31H31BrFN3O5S/c1-42(37,38)16-15-39-13-3-11-31(12-4-14-41-31)23-7-9-28-26(18-23)30(35-21-34-28)36-25-8-10-29(27(32)19-25)40-20-22-5-2-6-24(33)17-22/h2,4-10,14,17-19,21H,3,11-13,15-16,20H2,1H3,(H,34,35,36). The molecule has 0 aliphatic carbocycles. The molecule has 0 saturated heterocycles. The van der Waals surface area contributed by atoms with Crippen molar-refractivity contribution in [2.45, 2.75) is 31.5 Å². The van der Waals surface area contributed by atoms with Crippen molar-refractivity contribution in [3.8, 4) is 5.75 Å². The summed E-state index contributed by atoms with van der Waals surface area (Å²) in [6.45, 7) is 0.873. The van der Waals surface area contributed by atoms with Crippen LogP contribution in [0.15, 0.2) is 83.8 Å². The summed E-state index contributed by atoms with van der Waals surface area (Å²) < 4.78 is 54.5. The molecule has 0 saturated carbocycles. The Hall–Kier alpha value is -3.54. The molecule has 42 heavy (non-hydrogen) atoms. The summed E-state index contributed by atoms with van der Waals surface area (Å²) in [5.41, 5.74) is 2.77. The van der Waals surface area contributed by atoms with Crippen molar-refractivity contribution in [2.24, 2.45) is 0 Å². The van der Waals surface area contributed by atoms with Gasteiger partial charge in [0.05, 0.1) is 28.6 Å². The van der Waals surface area contributed by atoms with Crippen LogP contribution in [0.4, 0.5) is 15.9 Å². The van der Waals surface area contributed by atoms with E-state index in [1.165, 1.54) is 24.7 Å². The van der Waals surface area contributed by atoms with Gasteiger partial charge in [0.2, 0.25) is 0 Å². The number of hydrogen-bond donors (Lipinski definition) is 1. The summed E-state index contributed by atoms with van der Waals surface area (Å²) in [7, 11) is -3.05. The van der Waals surface area contributed by atoms with Crippen LogP contribution >= 0.6 is 15.9 Å². The zero-order valence-electron chi connectivity index (χ0n) is 23.1. The molecule has 0 fully saturated rings. The first-order chi connectivity index (χ1) is 20.2. The summed E-state index contributed by atoms with van der Waals surface area (Å²) in [5.74, 6) is 0.991. The Labute approximate surface area is 253 Å². The topological polar surface area (TPSA) is 99.6 Å².